The summed E-state index contributed by atoms with van der Waals surface area (Å²) in [4.78, 5) is 0. The van der Waals surface area contributed by atoms with E-state index in [1.54, 1.807) is 0 Å². The highest BCUT2D eigenvalue weighted by molar-refractivity contribution is 5.70. The Balaban J connectivity index is 3.03. The van der Waals surface area contributed by atoms with Gasteiger partial charge < -0.3 is 0 Å². The fraction of sp³-hybridized carbons (Fsp3) is 0.250. The summed E-state index contributed by atoms with van der Waals surface area (Å²) in [6.45, 7) is 4.55. The molecule has 0 unspecified atom stereocenters. The standard InChI is InChI=1S/C16H12F6/c1-5-7(3)13(19)15(21)9(11(5)17)10-12(18)6(2)8(4)14(20)16(10)22/h1-4H3. The smallest absolute Gasteiger partial charge is 0.170 e. The average molecular weight is 318 g/mol. The predicted octanol–water partition coefficient (Wildman–Crippen LogP) is 5.42. The van der Waals surface area contributed by atoms with Crippen molar-refractivity contribution >= 4 is 0 Å². The molecule has 0 spiro atoms. The Morgan fingerprint density at radius 2 is 0.591 bits per heavy atom. The van der Waals surface area contributed by atoms with Gasteiger partial charge in [-0.15, -0.1) is 0 Å². The van der Waals surface area contributed by atoms with Crippen molar-refractivity contribution in [3.05, 3.63) is 57.2 Å². The maximum absolute atomic E-state index is 14.3. The van der Waals surface area contributed by atoms with Gasteiger partial charge in [0, 0.05) is 0 Å². The zero-order chi connectivity index (χ0) is 16.9. The number of hydrogen-bond donors (Lipinski definition) is 0. The molecule has 0 aromatic heterocycles. The molecule has 0 nitrogen and oxygen atoms in total. The Morgan fingerprint density at radius 1 is 0.364 bits per heavy atom. The zero-order valence-electron chi connectivity index (χ0n) is 12.3. The Kier molecular flexibility index (Phi) is 3.98. The van der Waals surface area contributed by atoms with Gasteiger partial charge in [-0.3, -0.25) is 0 Å². The van der Waals surface area contributed by atoms with Gasteiger partial charge >= 0.3 is 0 Å². The summed E-state index contributed by atoms with van der Waals surface area (Å²) in [6.07, 6.45) is 0. The Morgan fingerprint density at radius 3 is 0.864 bits per heavy atom. The van der Waals surface area contributed by atoms with Gasteiger partial charge in [-0.05, 0) is 49.9 Å². The lowest BCUT2D eigenvalue weighted by molar-refractivity contribution is 0.474. The minimum Gasteiger partial charge on any atom is -0.206 e. The van der Waals surface area contributed by atoms with E-state index in [2.05, 4.69) is 0 Å². The van der Waals surface area contributed by atoms with E-state index in [1.165, 1.54) is 0 Å². The molecule has 6 heteroatoms. The molecule has 0 saturated carbocycles. The molecule has 2 aromatic rings. The van der Waals surface area contributed by atoms with E-state index >= 15 is 0 Å². The molecule has 0 N–H and O–H groups in total. The van der Waals surface area contributed by atoms with Gasteiger partial charge in [0.05, 0.1) is 11.1 Å². The maximum atomic E-state index is 14.3. The Hall–Kier alpha value is -1.98. The molecule has 0 bridgehead atoms. The van der Waals surface area contributed by atoms with E-state index in [0.717, 1.165) is 27.7 Å². The van der Waals surface area contributed by atoms with Crippen LogP contribution in [0.3, 0.4) is 0 Å². The number of hydrogen-bond acceptors (Lipinski definition) is 0. The first kappa shape index (κ1) is 16.4. The fourth-order valence-electron chi connectivity index (χ4n) is 2.21. The van der Waals surface area contributed by atoms with E-state index in [0.29, 0.717) is 0 Å². The minimum atomic E-state index is -1.75. The second-order valence-electron chi connectivity index (χ2n) is 5.13. The van der Waals surface area contributed by atoms with Gasteiger partial charge in [-0.25, -0.2) is 26.3 Å². The molecule has 0 fully saturated rings. The van der Waals surface area contributed by atoms with Gasteiger partial charge in [0.1, 0.15) is 11.6 Å². The molecule has 0 aliphatic carbocycles. The molecule has 0 heterocycles. The minimum absolute atomic E-state index is 0.300. The van der Waals surface area contributed by atoms with Gasteiger partial charge in [0.25, 0.3) is 0 Å². The summed E-state index contributed by atoms with van der Waals surface area (Å²) in [5, 5.41) is 0. The van der Waals surface area contributed by atoms with E-state index in [9.17, 15) is 26.3 Å². The van der Waals surface area contributed by atoms with E-state index in [1.807, 2.05) is 0 Å². The first-order valence-electron chi connectivity index (χ1n) is 6.38. The summed E-state index contributed by atoms with van der Waals surface area (Å²) < 4.78 is 84.1. The summed E-state index contributed by atoms with van der Waals surface area (Å²) >= 11 is 0. The molecule has 0 atom stereocenters. The molecule has 2 aromatic carbocycles. The average Bonchev–Trinajstić information content (AvgIpc) is 2.50. The lowest BCUT2D eigenvalue weighted by atomic mass is 9.94. The zero-order valence-corrected chi connectivity index (χ0v) is 12.3. The number of halogens is 6. The maximum Gasteiger partial charge on any atom is 0.170 e. The first-order chi connectivity index (χ1) is 10.1. The van der Waals surface area contributed by atoms with Gasteiger partial charge in [0.2, 0.25) is 0 Å². The van der Waals surface area contributed by atoms with Gasteiger partial charge in [-0.1, -0.05) is 0 Å². The summed E-state index contributed by atoms with van der Waals surface area (Å²) in [5.41, 5.74) is -3.71. The van der Waals surface area contributed by atoms with Crippen molar-refractivity contribution in [1.82, 2.24) is 0 Å². The normalized spacial score (nSPS) is 11.2. The van der Waals surface area contributed by atoms with E-state index in [-0.39, 0.29) is 22.3 Å². The van der Waals surface area contributed by atoms with E-state index < -0.39 is 46.0 Å². The third-order valence-electron chi connectivity index (χ3n) is 3.96. The van der Waals surface area contributed by atoms with Crippen LogP contribution in [0, 0.1) is 62.6 Å². The third kappa shape index (κ3) is 2.09. The van der Waals surface area contributed by atoms with Crippen molar-refractivity contribution in [2.75, 3.05) is 0 Å². The number of benzene rings is 2. The van der Waals surface area contributed by atoms with Gasteiger partial charge in [0.15, 0.2) is 23.3 Å². The fourth-order valence-corrected chi connectivity index (χ4v) is 2.21. The van der Waals surface area contributed by atoms with Crippen LogP contribution >= 0.6 is 0 Å². The highest BCUT2D eigenvalue weighted by Gasteiger charge is 2.29. The SMILES string of the molecule is Cc1c(C)c(F)c(-c2c(F)c(C)c(C)c(F)c2F)c(F)c1F. The Bertz CT molecular complexity index is 667. The van der Waals surface area contributed by atoms with Crippen LogP contribution in [0.2, 0.25) is 0 Å². The predicted molar refractivity (Wildman–Crippen MR) is 70.6 cm³/mol. The molecular formula is C16H12F6. The van der Waals surface area contributed by atoms with Crippen LogP contribution in [-0.2, 0) is 0 Å². The topological polar surface area (TPSA) is 0 Å². The monoisotopic (exact) mass is 318 g/mol. The Labute approximate surface area is 123 Å². The highest BCUT2D eigenvalue weighted by atomic mass is 19.2. The van der Waals surface area contributed by atoms with Crippen LogP contribution < -0.4 is 0 Å². The second-order valence-corrected chi connectivity index (χ2v) is 5.13. The van der Waals surface area contributed by atoms with E-state index in [4.69, 9.17) is 0 Å². The highest BCUT2D eigenvalue weighted by Crippen LogP contribution is 2.38. The van der Waals surface area contributed by atoms with Crippen molar-refractivity contribution < 1.29 is 26.3 Å². The third-order valence-corrected chi connectivity index (χ3v) is 3.96. The molecule has 0 radical (unpaired) electrons. The molecule has 0 saturated heterocycles. The van der Waals surface area contributed by atoms with Gasteiger partial charge in [-0.2, -0.15) is 0 Å². The van der Waals surface area contributed by atoms with Crippen molar-refractivity contribution in [2.45, 2.75) is 27.7 Å². The van der Waals surface area contributed by atoms with Crippen molar-refractivity contribution in [3.8, 4) is 11.1 Å². The molecule has 0 aliphatic heterocycles. The second kappa shape index (κ2) is 5.34. The molecular weight excluding hydrogens is 306 g/mol. The lowest BCUT2D eigenvalue weighted by Crippen LogP contribution is -2.08. The van der Waals surface area contributed by atoms with Crippen LogP contribution in [-0.4, -0.2) is 0 Å². The molecule has 0 aliphatic rings. The number of rotatable bonds is 1. The molecule has 22 heavy (non-hydrogen) atoms. The lowest BCUT2D eigenvalue weighted by Gasteiger charge is -2.16. The summed E-state index contributed by atoms with van der Waals surface area (Å²) in [5.74, 6) is -8.99. The molecule has 118 valence electrons. The van der Waals surface area contributed by atoms with Crippen molar-refractivity contribution in [2.24, 2.45) is 0 Å². The summed E-state index contributed by atoms with van der Waals surface area (Å²) in [6, 6.07) is 0. The van der Waals surface area contributed by atoms with Crippen LogP contribution in [0.25, 0.3) is 11.1 Å². The van der Waals surface area contributed by atoms with Crippen LogP contribution in [0.4, 0.5) is 26.3 Å². The van der Waals surface area contributed by atoms with Crippen LogP contribution in [0.1, 0.15) is 22.3 Å². The van der Waals surface area contributed by atoms with Crippen molar-refractivity contribution in [1.29, 1.82) is 0 Å². The quantitative estimate of drug-likeness (QED) is 0.486. The largest absolute Gasteiger partial charge is 0.206 e. The first-order valence-corrected chi connectivity index (χ1v) is 6.38. The van der Waals surface area contributed by atoms with Crippen LogP contribution in [0.15, 0.2) is 0 Å². The summed E-state index contributed by atoms with van der Waals surface area (Å²) in [7, 11) is 0. The van der Waals surface area contributed by atoms with Crippen LogP contribution in [0.5, 0.6) is 0 Å². The molecule has 0 amide bonds. The molecule has 2 rings (SSSR count). The van der Waals surface area contributed by atoms with Crippen molar-refractivity contribution in [3.63, 3.8) is 0 Å².